The first kappa shape index (κ1) is 15.0. The van der Waals surface area contributed by atoms with Crippen LogP contribution in [0.4, 0.5) is 5.69 Å². The molecule has 0 bridgehead atoms. The van der Waals surface area contributed by atoms with Gasteiger partial charge in [0.05, 0.1) is 12.1 Å². The summed E-state index contributed by atoms with van der Waals surface area (Å²) in [5, 5.41) is 3.83. The van der Waals surface area contributed by atoms with Gasteiger partial charge in [0.25, 0.3) is 0 Å². The van der Waals surface area contributed by atoms with Gasteiger partial charge in [0, 0.05) is 16.7 Å². The molecule has 2 aromatic carbocycles. The highest BCUT2D eigenvalue weighted by Crippen LogP contribution is 2.27. The number of hydrogen-bond donors (Lipinski definition) is 1. The Hall–Kier alpha value is -1.39. The van der Waals surface area contributed by atoms with Crippen molar-refractivity contribution in [2.45, 2.75) is 0 Å². The van der Waals surface area contributed by atoms with Crippen LogP contribution in [0.15, 0.2) is 46.9 Å². The Bertz CT molecular complexity index is 560. The van der Waals surface area contributed by atoms with E-state index in [0.29, 0.717) is 23.9 Å². The lowest BCUT2D eigenvalue weighted by molar-refractivity contribution is 0.333. The number of ether oxygens (including phenoxy) is 2. The van der Waals surface area contributed by atoms with Gasteiger partial charge in [0.1, 0.15) is 18.1 Å². The summed E-state index contributed by atoms with van der Waals surface area (Å²) in [4.78, 5) is 0. The second kappa shape index (κ2) is 7.41. The number of nitrogens with one attached hydrogen (secondary N) is 1. The number of hydrogen-bond acceptors (Lipinski definition) is 3. The first-order chi connectivity index (χ1) is 9.69. The molecule has 0 aliphatic rings. The van der Waals surface area contributed by atoms with Gasteiger partial charge in [-0.15, -0.1) is 0 Å². The number of methoxy groups -OCH3 is 1. The van der Waals surface area contributed by atoms with E-state index in [1.165, 1.54) is 0 Å². The first-order valence-corrected chi connectivity index (χ1v) is 7.32. The van der Waals surface area contributed by atoms with E-state index in [2.05, 4.69) is 21.2 Å². The highest BCUT2D eigenvalue weighted by Gasteiger charge is 2.01. The van der Waals surface area contributed by atoms with E-state index in [0.717, 1.165) is 15.9 Å². The highest BCUT2D eigenvalue weighted by atomic mass is 79.9. The zero-order valence-corrected chi connectivity index (χ0v) is 13.4. The van der Waals surface area contributed by atoms with E-state index in [-0.39, 0.29) is 0 Å². The Labute approximate surface area is 132 Å². The van der Waals surface area contributed by atoms with E-state index < -0.39 is 0 Å². The molecule has 1 N–H and O–H groups in total. The van der Waals surface area contributed by atoms with Crippen LogP contribution in [0.3, 0.4) is 0 Å². The molecule has 106 valence electrons. The molecule has 0 aromatic heterocycles. The van der Waals surface area contributed by atoms with Crippen molar-refractivity contribution in [2.24, 2.45) is 0 Å². The Morgan fingerprint density at radius 3 is 2.55 bits per heavy atom. The Kier molecular flexibility index (Phi) is 5.56. The fourth-order valence-electron chi connectivity index (χ4n) is 1.67. The molecule has 3 nitrogen and oxygen atoms in total. The first-order valence-electron chi connectivity index (χ1n) is 6.15. The molecule has 0 spiro atoms. The van der Waals surface area contributed by atoms with Crippen LogP contribution >= 0.6 is 27.5 Å². The van der Waals surface area contributed by atoms with Crippen molar-refractivity contribution in [1.29, 1.82) is 0 Å². The molecule has 0 aliphatic heterocycles. The van der Waals surface area contributed by atoms with Crippen molar-refractivity contribution < 1.29 is 9.47 Å². The van der Waals surface area contributed by atoms with E-state index >= 15 is 0 Å². The van der Waals surface area contributed by atoms with Crippen molar-refractivity contribution in [2.75, 3.05) is 25.6 Å². The van der Waals surface area contributed by atoms with Gasteiger partial charge in [-0.2, -0.15) is 0 Å². The summed E-state index contributed by atoms with van der Waals surface area (Å²) in [6, 6.07) is 13.3. The second-order valence-electron chi connectivity index (χ2n) is 4.08. The number of benzene rings is 2. The zero-order chi connectivity index (χ0) is 14.4. The summed E-state index contributed by atoms with van der Waals surface area (Å²) < 4.78 is 11.8. The molecule has 5 heteroatoms. The molecule has 0 aliphatic carbocycles. The van der Waals surface area contributed by atoms with Crippen molar-refractivity contribution in [1.82, 2.24) is 0 Å². The average Bonchev–Trinajstić information content (AvgIpc) is 2.46. The summed E-state index contributed by atoms with van der Waals surface area (Å²) in [7, 11) is 1.60. The summed E-state index contributed by atoms with van der Waals surface area (Å²) in [6.07, 6.45) is 0. The van der Waals surface area contributed by atoms with Crippen molar-refractivity contribution >= 4 is 33.2 Å². The van der Waals surface area contributed by atoms with Gasteiger partial charge < -0.3 is 14.8 Å². The van der Waals surface area contributed by atoms with E-state index in [9.17, 15) is 0 Å². The molecule has 20 heavy (non-hydrogen) atoms. The molecule has 0 atom stereocenters. The molecule has 0 amide bonds. The van der Waals surface area contributed by atoms with Crippen LogP contribution in [0.1, 0.15) is 0 Å². The fraction of sp³-hybridized carbons (Fsp3) is 0.200. The summed E-state index contributed by atoms with van der Waals surface area (Å²) in [5.74, 6) is 1.52. The van der Waals surface area contributed by atoms with Crippen LogP contribution in [0.5, 0.6) is 11.5 Å². The van der Waals surface area contributed by atoms with Crippen LogP contribution in [-0.4, -0.2) is 20.3 Å². The lowest BCUT2D eigenvalue weighted by Crippen LogP contribution is -2.11. The molecule has 0 saturated carbocycles. The predicted octanol–water partition coefficient (Wildman–Crippen LogP) is 4.60. The lowest BCUT2D eigenvalue weighted by Gasteiger charge is -2.10. The van der Waals surface area contributed by atoms with Crippen LogP contribution < -0.4 is 14.8 Å². The Morgan fingerprint density at radius 2 is 1.90 bits per heavy atom. The Balaban J connectivity index is 1.78. The molecule has 2 rings (SSSR count). The third-order valence-corrected chi connectivity index (χ3v) is 3.49. The second-order valence-corrected chi connectivity index (χ2v) is 5.40. The summed E-state index contributed by atoms with van der Waals surface area (Å²) in [6.45, 7) is 1.27. The van der Waals surface area contributed by atoms with Gasteiger partial charge in [-0.3, -0.25) is 0 Å². The number of rotatable bonds is 6. The summed E-state index contributed by atoms with van der Waals surface area (Å²) >= 11 is 9.44. The van der Waals surface area contributed by atoms with Crippen molar-refractivity contribution in [3.05, 3.63) is 52.0 Å². The van der Waals surface area contributed by atoms with Gasteiger partial charge in [-0.05, 0) is 42.5 Å². The van der Waals surface area contributed by atoms with Crippen LogP contribution in [-0.2, 0) is 0 Å². The van der Waals surface area contributed by atoms with Gasteiger partial charge in [0.2, 0.25) is 0 Å². The molecule has 0 unspecified atom stereocenters. The Morgan fingerprint density at radius 1 is 1.15 bits per heavy atom. The molecule has 0 fully saturated rings. The maximum Gasteiger partial charge on any atom is 0.137 e. The average molecular weight is 357 g/mol. The van der Waals surface area contributed by atoms with E-state index in [4.69, 9.17) is 21.1 Å². The minimum Gasteiger partial charge on any atom is -0.495 e. The molecule has 0 saturated heterocycles. The standard InChI is InChI=1S/C15H15BrClNO2/c1-19-15-7-4-12(10-14(15)17)18-8-9-20-13-5-2-11(16)3-6-13/h2-7,10,18H,8-9H2,1H3. The van der Waals surface area contributed by atoms with E-state index in [1.54, 1.807) is 7.11 Å². The SMILES string of the molecule is COc1ccc(NCCOc2ccc(Br)cc2)cc1Cl. The quantitative estimate of drug-likeness (QED) is 0.767. The maximum absolute atomic E-state index is 6.05. The number of anilines is 1. The molecule has 2 aromatic rings. The minimum absolute atomic E-state index is 0.575. The third-order valence-electron chi connectivity index (χ3n) is 2.67. The van der Waals surface area contributed by atoms with Gasteiger partial charge in [-0.1, -0.05) is 27.5 Å². The molecule has 0 heterocycles. The van der Waals surface area contributed by atoms with Gasteiger partial charge >= 0.3 is 0 Å². The zero-order valence-electron chi connectivity index (χ0n) is 11.0. The highest BCUT2D eigenvalue weighted by molar-refractivity contribution is 9.10. The minimum atomic E-state index is 0.575. The predicted molar refractivity (Wildman–Crippen MR) is 86.1 cm³/mol. The maximum atomic E-state index is 6.05. The topological polar surface area (TPSA) is 30.5 Å². The normalized spacial score (nSPS) is 10.2. The van der Waals surface area contributed by atoms with Crippen LogP contribution in [0.25, 0.3) is 0 Å². The largest absolute Gasteiger partial charge is 0.495 e. The van der Waals surface area contributed by atoms with Crippen LogP contribution in [0.2, 0.25) is 5.02 Å². The lowest BCUT2D eigenvalue weighted by atomic mass is 10.3. The van der Waals surface area contributed by atoms with Crippen molar-refractivity contribution in [3.8, 4) is 11.5 Å². The smallest absolute Gasteiger partial charge is 0.137 e. The molecular weight excluding hydrogens is 342 g/mol. The van der Waals surface area contributed by atoms with Gasteiger partial charge in [0.15, 0.2) is 0 Å². The van der Waals surface area contributed by atoms with E-state index in [1.807, 2.05) is 42.5 Å². The monoisotopic (exact) mass is 355 g/mol. The fourth-order valence-corrected chi connectivity index (χ4v) is 2.19. The molecular formula is C15H15BrClNO2. The number of halogens is 2. The van der Waals surface area contributed by atoms with Crippen molar-refractivity contribution in [3.63, 3.8) is 0 Å². The van der Waals surface area contributed by atoms with Crippen LogP contribution in [0, 0.1) is 0 Å². The van der Waals surface area contributed by atoms with Gasteiger partial charge in [-0.25, -0.2) is 0 Å². The third kappa shape index (κ3) is 4.32. The summed E-state index contributed by atoms with van der Waals surface area (Å²) in [5.41, 5.74) is 0.940. The molecule has 0 radical (unpaired) electrons.